The van der Waals surface area contributed by atoms with Crippen LogP contribution in [0.3, 0.4) is 0 Å². The normalized spacial score (nSPS) is 12.2. The molecule has 29 heavy (non-hydrogen) atoms. The fourth-order valence-corrected chi connectivity index (χ4v) is 4.04. The molecule has 0 unspecified atom stereocenters. The highest BCUT2D eigenvalue weighted by Crippen LogP contribution is 2.31. The van der Waals surface area contributed by atoms with Crippen molar-refractivity contribution in [2.45, 2.75) is 13.0 Å². The predicted molar refractivity (Wildman–Crippen MR) is 110 cm³/mol. The van der Waals surface area contributed by atoms with E-state index in [2.05, 4.69) is 5.32 Å². The summed E-state index contributed by atoms with van der Waals surface area (Å²) in [7, 11) is -2.33. The minimum Gasteiger partial charge on any atom is -0.495 e. The van der Waals surface area contributed by atoms with Gasteiger partial charge in [0.2, 0.25) is 15.9 Å². The first-order chi connectivity index (χ1) is 13.6. The zero-order valence-electron chi connectivity index (χ0n) is 16.2. The molecular formula is C19H22ClFN2O5S. The number of hydrogen-bond acceptors (Lipinski definition) is 5. The highest BCUT2D eigenvalue weighted by molar-refractivity contribution is 7.92. The van der Waals surface area contributed by atoms with Crippen molar-refractivity contribution in [2.24, 2.45) is 0 Å². The molecule has 2 aromatic carbocycles. The van der Waals surface area contributed by atoms with Gasteiger partial charge in [-0.2, -0.15) is 0 Å². The predicted octanol–water partition coefficient (Wildman–Crippen LogP) is 2.84. The van der Waals surface area contributed by atoms with Gasteiger partial charge in [0.1, 0.15) is 30.0 Å². The molecule has 0 aliphatic carbocycles. The largest absolute Gasteiger partial charge is 0.495 e. The van der Waals surface area contributed by atoms with Crippen LogP contribution in [0.5, 0.6) is 11.5 Å². The number of sulfonamides is 1. The van der Waals surface area contributed by atoms with Gasteiger partial charge in [0.05, 0.1) is 30.6 Å². The summed E-state index contributed by atoms with van der Waals surface area (Å²) in [4.78, 5) is 12.5. The van der Waals surface area contributed by atoms with Crippen LogP contribution < -0.4 is 19.1 Å². The van der Waals surface area contributed by atoms with Crippen LogP contribution in [0.15, 0.2) is 42.5 Å². The molecule has 0 radical (unpaired) electrons. The van der Waals surface area contributed by atoms with Gasteiger partial charge >= 0.3 is 0 Å². The Bertz CT molecular complexity index is 954. The molecule has 7 nitrogen and oxygen atoms in total. The van der Waals surface area contributed by atoms with Gasteiger partial charge in [0, 0.05) is 0 Å². The van der Waals surface area contributed by atoms with Gasteiger partial charge in [0.25, 0.3) is 0 Å². The molecule has 2 aromatic rings. The van der Waals surface area contributed by atoms with Crippen molar-refractivity contribution < 1.29 is 27.1 Å². The third kappa shape index (κ3) is 6.23. The second kappa shape index (κ2) is 9.80. The number of nitrogens with one attached hydrogen (secondary N) is 1. The number of carbonyl (C=O) groups is 1. The Labute approximate surface area is 174 Å². The van der Waals surface area contributed by atoms with Gasteiger partial charge in [-0.05, 0) is 49.4 Å². The van der Waals surface area contributed by atoms with Crippen LogP contribution in [0.4, 0.5) is 10.1 Å². The SMILES string of the molecule is COc1ccc(N([C@H](C)C(=O)NCCOc2ccc(F)cc2)S(C)(=O)=O)cc1Cl. The fraction of sp³-hybridized carbons (Fsp3) is 0.316. The minimum atomic E-state index is -3.77. The average Bonchev–Trinajstić information content (AvgIpc) is 2.65. The molecule has 1 amide bonds. The van der Waals surface area contributed by atoms with Crippen molar-refractivity contribution in [3.05, 3.63) is 53.3 Å². The van der Waals surface area contributed by atoms with E-state index in [9.17, 15) is 17.6 Å². The maximum Gasteiger partial charge on any atom is 0.243 e. The molecule has 0 fully saturated rings. The molecule has 2 rings (SSSR count). The Morgan fingerprint density at radius 3 is 2.45 bits per heavy atom. The summed E-state index contributed by atoms with van der Waals surface area (Å²) >= 11 is 6.09. The highest BCUT2D eigenvalue weighted by atomic mass is 35.5. The summed E-state index contributed by atoms with van der Waals surface area (Å²) in [6, 6.07) is 8.89. The molecule has 0 spiro atoms. The molecule has 0 saturated heterocycles. The molecular weight excluding hydrogens is 423 g/mol. The highest BCUT2D eigenvalue weighted by Gasteiger charge is 2.29. The van der Waals surface area contributed by atoms with Gasteiger partial charge in [-0.3, -0.25) is 9.10 Å². The Kier molecular flexibility index (Phi) is 7.69. The molecule has 1 atom stereocenters. The maximum atomic E-state index is 12.9. The quantitative estimate of drug-likeness (QED) is 0.601. The summed E-state index contributed by atoms with van der Waals surface area (Å²) in [6.07, 6.45) is 1.01. The zero-order valence-corrected chi connectivity index (χ0v) is 17.8. The lowest BCUT2D eigenvalue weighted by Crippen LogP contribution is -2.48. The number of ether oxygens (including phenoxy) is 2. The number of amides is 1. The van der Waals surface area contributed by atoms with Gasteiger partial charge in [0.15, 0.2) is 0 Å². The smallest absolute Gasteiger partial charge is 0.243 e. The van der Waals surface area contributed by atoms with Crippen LogP contribution in [0, 0.1) is 5.82 Å². The van der Waals surface area contributed by atoms with Crippen LogP contribution in [0.1, 0.15) is 6.92 Å². The van der Waals surface area contributed by atoms with Crippen LogP contribution >= 0.6 is 11.6 Å². The minimum absolute atomic E-state index is 0.136. The Balaban J connectivity index is 2.03. The lowest BCUT2D eigenvalue weighted by atomic mass is 10.2. The topological polar surface area (TPSA) is 84.9 Å². The Hall–Kier alpha value is -2.52. The molecule has 0 heterocycles. The standard InChI is InChI=1S/C19H22ClFN2O5S/c1-13(19(24)22-10-11-28-16-7-4-14(21)5-8-16)23(29(3,25)26)15-6-9-18(27-2)17(20)12-15/h4-9,12-13H,10-11H2,1-3H3,(H,22,24)/t13-/m1/s1. The van der Waals surface area contributed by atoms with Crippen molar-refractivity contribution in [1.29, 1.82) is 0 Å². The Morgan fingerprint density at radius 1 is 1.24 bits per heavy atom. The summed E-state index contributed by atoms with van der Waals surface area (Å²) in [5, 5.41) is 2.84. The lowest BCUT2D eigenvalue weighted by molar-refractivity contribution is -0.121. The number of benzene rings is 2. The van der Waals surface area contributed by atoms with Crippen molar-refractivity contribution in [3.8, 4) is 11.5 Å². The number of halogens is 2. The number of nitrogens with zero attached hydrogens (tertiary/aromatic N) is 1. The van der Waals surface area contributed by atoms with Gasteiger partial charge in [-0.25, -0.2) is 12.8 Å². The van der Waals surface area contributed by atoms with Crippen molar-refractivity contribution in [3.63, 3.8) is 0 Å². The average molecular weight is 445 g/mol. The summed E-state index contributed by atoms with van der Waals surface area (Å²) < 4.78 is 48.9. The Morgan fingerprint density at radius 2 is 1.90 bits per heavy atom. The van der Waals surface area contributed by atoms with E-state index >= 15 is 0 Å². The number of hydrogen-bond donors (Lipinski definition) is 1. The molecule has 10 heteroatoms. The summed E-state index contributed by atoms with van der Waals surface area (Å²) in [5.74, 6) is -0.0395. The van der Waals surface area contributed by atoms with E-state index in [0.29, 0.717) is 11.5 Å². The second-order valence-corrected chi connectivity index (χ2v) is 8.41. The molecule has 0 aliphatic heterocycles. The molecule has 1 N–H and O–H groups in total. The summed E-state index contributed by atoms with van der Waals surface area (Å²) in [5.41, 5.74) is 0.239. The molecule has 0 bridgehead atoms. The lowest BCUT2D eigenvalue weighted by Gasteiger charge is -2.28. The molecule has 0 aliphatic rings. The fourth-order valence-electron chi connectivity index (χ4n) is 2.62. The monoisotopic (exact) mass is 444 g/mol. The van der Waals surface area contributed by atoms with E-state index in [1.54, 1.807) is 0 Å². The van der Waals surface area contributed by atoms with E-state index in [1.165, 1.54) is 56.5 Å². The number of carbonyl (C=O) groups excluding carboxylic acids is 1. The van der Waals surface area contributed by atoms with E-state index in [0.717, 1.165) is 10.6 Å². The first kappa shape index (κ1) is 22.8. The number of anilines is 1. The first-order valence-electron chi connectivity index (χ1n) is 8.62. The van der Waals surface area contributed by atoms with Crippen LogP contribution in [0.25, 0.3) is 0 Å². The molecule has 0 aromatic heterocycles. The van der Waals surface area contributed by atoms with Crippen LogP contribution in [-0.4, -0.2) is 46.9 Å². The third-order valence-corrected chi connectivity index (χ3v) is 5.50. The van der Waals surface area contributed by atoms with Gasteiger partial charge < -0.3 is 14.8 Å². The van der Waals surface area contributed by atoms with Crippen molar-refractivity contribution >= 4 is 33.2 Å². The zero-order chi connectivity index (χ0) is 21.6. The number of methoxy groups -OCH3 is 1. The maximum absolute atomic E-state index is 12.9. The van der Waals surface area contributed by atoms with E-state index < -0.39 is 22.0 Å². The molecule has 158 valence electrons. The van der Waals surface area contributed by atoms with E-state index in [1.807, 2.05) is 0 Å². The first-order valence-corrected chi connectivity index (χ1v) is 10.8. The van der Waals surface area contributed by atoms with Crippen LogP contribution in [0.2, 0.25) is 5.02 Å². The molecule has 0 saturated carbocycles. The van der Waals surface area contributed by atoms with E-state index in [-0.39, 0.29) is 29.7 Å². The third-order valence-electron chi connectivity index (χ3n) is 3.96. The van der Waals surface area contributed by atoms with Crippen LogP contribution in [-0.2, 0) is 14.8 Å². The van der Waals surface area contributed by atoms with Crippen molar-refractivity contribution in [1.82, 2.24) is 5.32 Å². The summed E-state index contributed by atoms with van der Waals surface area (Å²) in [6.45, 7) is 1.74. The second-order valence-electron chi connectivity index (χ2n) is 6.15. The number of rotatable bonds is 9. The van der Waals surface area contributed by atoms with Gasteiger partial charge in [-0.15, -0.1) is 0 Å². The van der Waals surface area contributed by atoms with E-state index in [4.69, 9.17) is 21.1 Å². The van der Waals surface area contributed by atoms with Crippen molar-refractivity contribution in [2.75, 3.05) is 30.8 Å². The van der Waals surface area contributed by atoms with Gasteiger partial charge in [-0.1, -0.05) is 11.6 Å².